The van der Waals surface area contributed by atoms with Crippen molar-refractivity contribution in [2.24, 2.45) is 0 Å². The van der Waals surface area contributed by atoms with E-state index in [9.17, 15) is 8.60 Å². The van der Waals surface area contributed by atoms with Gasteiger partial charge in [-0.05, 0) is 50.6 Å². The zero-order chi connectivity index (χ0) is 13.5. The van der Waals surface area contributed by atoms with Crippen LogP contribution in [0.15, 0.2) is 29.2 Å². The molecule has 3 atom stereocenters. The van der Waals surface area contributed by atoms with Crippen LogP contribution in [-0.4, -0.2) is 22.0 Å². The number of hydrogen-bond donors (Lipinski definition) is 1. The summed E-state index contributed by atoms with van der Waals surface area (Å²) in [5.41, 5.74) is 0. The molecule has 0 aromatic heterocycles. The molecule has 0 aliphatic heterocycles. The van der Waals surface area contributed by atoms with Gasteiger partial charge in [-0.3, -0.25) is 4.21 Å². The molecule has 2 nitrogen and oxygen atoms in total. The lowest BCUT2D eigenvalue weighted by Gasteiger charge is -2.18. The molecule has 1 N–H and O–H groups in total. The Kier molecular flexibility index (Phi) is 6.50. The number of rotatable bonds is 7. The summed E-state index contributed by atoms with van der Waals surface area (Å²) in [7, 11) is -1.07. The first kappa shape index (κ1) is 15.3. The standard InChI is InChI=1S/C14H22FNOS/c1-4-9-16-11(2)10-12(3)18(17)14-7-5-13(15)6-8-14/h5-8,11-12,16H,4,9-10H2,1-3H3. The van der Waals surface area contributed by atoms with Crippen LogP contribution in [0.1, 0.15) is 33.6 Å². The lowest BCUT2D eigenvalue weighted by Crippen LogP contribution is -2.31. The first-order valence-corrected chi connectivity index (χ1v) is 7.65. The van der Waals surface area contributed by atoms with Crippen LogP contribution in [0.5, 0.6) is 0 Å². The van der Waals surface area contributed by atoms with Crippen molar-refractivity contribution >= 4 is 10.8 Å². The molecule has 18 heavy (non-hydrogen) atoms. The Bertz CT molecular complexity index is 380. The summed E-state index contributed by atoms with van der Waals surface area (Å²) in [6.07, 6.45) is 1.95. The fraction of sp³-hybridized carbons (Fsp3) is 0.571. The molecule has 102 valence electrons. The van der Waals surface area contributed by atoms with Gasteiger partial charge >= 0.3 is 0 Å². The van der Waals surface area contributed by atoms with E-state index in [1.807, 2.05) is 6.92 Å². The van der Waals surface area contributed by atoms with Gasteiger partial charge in [-0.1, -0.05) is 13.8 Å². The van der Waals surface area contributed by atoms with Gasteiger partial charge in [-0.25, -0.2) is 4.39 Å². The molecule has 0 fully saturated rings. The monoisotopic (exact) mass is 271 g/mol. The highest BCUT2D eigenvalue weighted by Gasteiger charge is 2.16. The summed E-state index contributed by atoms with van der Waals surface area (Å²) in [6, 6.07) is 6.28. The van der Waals surface area contributed by atoms with Crippen molar-refractivity contribution in [2.45, 2.75) is 49.8 Å². The van der Waals surface area contributed by atoms with Crippen molar-refractivity contribution in [3.63, 3.8) is 0 Å². The van der Waals surface area contributed by atoms with Gasteiger partial charge in [-0.15, -0.1) is 0 Å². The topological polar surface area (TPSA) is 29.1 Å². The van der Waals surface area contributed by atoms with Crippen molar-refractivity contribution in [1.82, 2.24) is 5.32 Å². The largest absolute Gasteiger partial charge is 0.314 e. The molecule has 1 aromatic carbocycles. The fourth-order valence-corrected chi connectivity index (χ4v) is 3.19. The van der Waals surface area contributed by atoms with E-state index < -0.39 is 10.8 Å². The minimum absolute atomic E-state index is 0.0646. The third-order valence-electron chi connectivity index (χ3n) is 2.84. The van der Waals surface area contributed by atoms with Crippen LogP contribution in [0.2, 0.25) is 0 Å². The molecule has 0 saturated heterocycles. The highest BCUT2D eigenvalue weighted by molar-refractivity contribution is 7.85. The molecule has 1 rings (SSSR count). The molecule has 1 aromatic rings. The summed E-state index contributed by atoms with van der Waals surface area (Å²) in [5, 5.41) is 3.45. The minimum Gasteiger partial charge on any atom is -0.314 e. The smallest absolute Gasteiger partial charge is 0.123 e. The molecular weight excluding hydrogens is 249 g/mol. The third kappa shape index (κ3) is 4.86. The summed E-state index contributed by atoms with van der Waals surface area (Å²) < 4.78 is 25.0. The average molecular weight is 271 g/mol. The van der Waals surface area contributed by atoms with E-state index in [0.717, 1.165) is 19.4 Å². The zero-order valence-electron chi connectivity index (χ0n) is 11.3. The molecule has 0 heterocycles. The number of nitrogens with one attached hydrogen (secondary N) is 1. The summed E-state index contributed by atoms with van der Waals surface area (Å²) in [6.45, 7) is 7.19. The lowest BCUT2D eigenvalue weighted by molar-refractivity contribution is 0.508. The summed E-state index contributed by atoms with van der Waals surface area (Å²) in [4.78, 5) is 0.701. The molecule has 0 spiro atoms. The second kappa shape index (κ2) is 7.64. The fourth-order valence-electron chi connectivity index (χ4n) is 1.86. The number of hydrogen-bond acceptors (Lipinski definition) is 2. The Labute approximate surface area is 111 Å². The highest BCUT2D eigenvalue weighted by Crippen LogP contribution is 2.15. The third-order valence-corrected chi connectivity index (χ3v) is 4.50. The van der Waals surface area contributed by atoms with Gasteiger partial charge in [0.1, 0.15) is 5.82 Å². The van der Waals surface area contributed by atoms with E-state index in [-0.39, 0.29) is 11.1 Å². The molecule has 0 radical (unpaired) electrons. The second-order valence-electron chi connectivity index (χ2n) is 4.65. The van der Waals surface area contributed by atoms with E-state index in [2.05, 4.69) is 19.2 Å². The first-order valence-electron chi connectivity index (χ1n) is 6.44. The summed E-state index contributed by atoms with van der Waals surface area (Å²) >= 11 is 0. The van der Waals surface area contributed by atoms with Gasteiger partial charge in [-0.2, -0.15) is 0 Å². The molecular formula is C14H22FNOS. The Morgan fingerprint density at radius 1 is 1.28 bits per heavy atom. The Morgan fingerprint density at radius 3 is 2.44 bits per heavy atom. The van der Waals surface area contributed by atoms with Gasteiger partial charge in [0, 0.05) is 16.2 Å². The molecule has 3 unspecified atom stereocenters. The van der Waals surface area contributed by atoms with Gasteiger partial charge < -0.3 is 5.32 Å². The van der Waals surface area contributed by atoms with Crippen LogP contribution in [0, 0.1) is 5.82 Å². The molecule has 0 aliphatic rings. The Balaban J connectivity index is 2.53. The second-order valence-corrected chi connectivity index (χ2v) is 6.52. The molecule has 0 saturated carbocycles. The van der Waals surface area contributed by atoms with E-state index in [1.54, 1.807) is 12.1 Å². The van der Waals surface area contributed by atoms with E-state index in [4.69, 9.17) is 0 Å². The van der Waals surface area contributed by atoms with Crippen LogP contribution in [0.25, 0.3) is 0 Å². The predicted molar refractivity (Wildman–Crippen MR) is 74.6 cm³/mol. The predicted octanol–water partition coefficient (Wildman–Crippen LogP) is 3.10. The maximum absolute atomic E-state index is 12.8. The quantitative estimate of drug-likeness (QED) is 0.825. The number of halogens is 1. The average Bonchev–Trinajstić information content (AvgIpc) is 2.36. The zero-order valence-corrected chi connectivity index (χ0v) is 12.1. The molecule has 0 aliphatic carbocycles. The Hall–Kier alpha value is -0.740. The van der Waals surface area contributed by atoms with Crippen LogP contribution >= 0.6 is 0 Å². The van der Waals surface area contributed by atoms with Crippen LogP contribution in [0.3, 0.4) is 0 Å². The molecule has 4 heteroatoms. The lowest BCUT2D eigenvalue weighted by atomic mass is 10.2. The van der Waals surface area contributed by atoms with Gasteiger partial charge in [0.15, 0.2) is 0 Å². The maximum atomic E-state index is 12.8. The SMILES string of the molecule is CCCNC(C)CC(C)S(=O)c1ccc(F)cc1. The van der Waals surface area contributed by atoms with E-state index in [0.29, 0.717) is 10.9 Å². The Morgan fingerprint density at radius 2 is 1.89 bits per heavy atom. The van der Waals surface area contributed by atoms with Crippen LogP contribution < -0.4 is 5.32 Å². The highest BCUT2D eigenvalue weighted by atomic mass is 32.2. The first-order chi connectivity index (χ1) is 8.54. The van der Waals surface area contributed by atoms with Crippen molar-refractivity contribution in [3.8, 4) is 0 Å². The van der Waals surface area contributed by atoms with Crippen molar-refractivity contribution < 1.29 is 8.60 Å². The van der Waals surface area contributed by atoms with E-state index >= 15 is 0 Å². The van der Waals surface area contributed by atoms with Gasteiger partial charge in [0.25, 0.3) is 0 Å². The van der Waals surface area contributed by atoms with Crippen LogP contribution in [-0.2, 0) is 10.8 Å². The number of benzene rings is 1. The summed E-state index contributed by atoms with van der Waals surface area (Å²) in [5.74, 6) is -0.290. The van der Waals surface area contributed by atoms with Crippen molar-refractivity contribution in [3.05, 3.63) is 30.1 Å². The maximum Gasteiger partial charge on any atom is 0.123 e. The normalized spacial score (nSPS) is 16.2. The molecule has 0 amide bonds. The molecule has 0 bridgehead atoms. The van der Waals surface area contributed by atoms with Gasteiger partial charge in [0.05, 0.1) is 10.8 Å². The van der Waals surface area contributed by atoms with Crippen LogP contribution in [0.4, 0.5) is 4.39 Å². The van der Waals surface area contributed by atoms with Gasteiger partial charge in [0.2, 0.25) is 0 Å². The van der Waals surface area contributed by atoms with Crippen molar-refractivity contribution in [2.75, 3.05) is 6.54 Å². The van der Waals surface area contributed by atoms with Crippen molar-refractivity contribution in [1.29, 1.82) is 0 Å². The van der Waals surface area contributed by atoms with E-state index in [1.165, 1.54) is 12.1 Å². The minimum atomic E-state index is -1.07.